The third-order valence-corrected chi connectivity index (χ3v) is 9.21. The first-order valence-corrected chi connectivity index (χ1v) is 16.5. The van der Waals surface area contributed by atoms with Gasteiger partial charge in [0.05, 0.1) is 22.6 Å². The van der Waals surface area contributed by atoms with Crippen LogP contribution in [0.5, 0.6) is 0 Å². The summed E-state index contributed by atoms with van der Waals surface area (Å²) >= 11 is 0. The lowest BCUT2D eigenvalue weighted by atomic mass is 9.13. The Morgan fingerprint density at radius 3 is 0.625 bits per heavy atom. The normalized spacial score (nSPS) is 11.2. The molecule has 0 nitrogen and oxygen atoms in total. The molecule has 0 spiro atoms. The van der Waals surface area contributed by atoms with Crippen LogP contribution in [0.15, 0.2) is 140 Å². The molecule has 56 heavy (non-hydrogen) atoms. The van der Waals surface area contributed by atoms with Crippen LogP contribution in [-0.2, 0) is 0 Å². The summed E-state index contributed by atoms with van der Waals surface area (Å²) in [7, 11) is 0. The SMILES string of the molecule is Fc1cc([B-](c2cc(F)c(F)c(F)c2)(c2cc(F)c(F)c(F)c2)c2cc(F)c(F)c(F)c2)cc(F)c1F.c1ccc([C+](c2ccccc2)c2ccccc2)cc1. The van der Waals surface area contributed by atoms with Crippen molar-refractivity contribution in [3.63, 3.8) is 0 Å². The van der Waals surface area contributed by atoms with Crippen LogP contribution in [0, 0.1) is 75.7 Å². The van der Waals surface area contributed by atoms with Crippen molar-refractivity contribution >= 4 is 28.0 Å². The van der Waals surface area contributed by atoms with Gasteiger partial charge in [-0.2, -0.15) is 21.9 Å². The highest BCUT2D eigenvalue weighted by Crippen LogP contribution is 2.30. The van der Waals surface area contributed by atoms with E-state index in [1.807, 2.05) is 0 Å². The average molecular weight is 778 g/mol. The minimum absolute atomic E-state index is 0.177. The second kappa shape index (κ2) is 16.2. The lowest BCUT2D eigenvalue weighted by Gasteiger charge is -2.44. The molecule has 0 atom stereocenters. The standard InChI is InChI=1S/C24H8BF12.C19H15/c26-13-1-9(2-14(27)21(13)34)25(10-3-15(28)22(35)16(29)4-10,11-5-17(30)23(36)18(31)6-11)12-7-19(32)24(37)20(33)8-12;1-4-10-16(11-5-1)19(17-12-6-2-7-13-17)18-14-8-3-9-15-18/h1-8H;1-15H/q-1;+1. The zero-order chi connectivity index (χ0) is 40.3. The van der Waals surface area contributed by atoms with Crippen LogP contribution in [0.3, 0.4) is 0 Å². The molecule has 0 aliphatic carbocycles. The molecule has 0 bridgehead atoms. The van der Waals surface area contributed by atoms with E-state index in [4.69, 9.17) is 0 Å². The Bertz CT molecular complexity index is 2090. The van der Waals surface area contributed by atoms with Gasteiger partial charge in [-0.05, 0) is 72.8 Å². The van der Waals surface area contributed by atoms with Crippen molar-refractivity contribution in [1.29, 1.82) is 0 Å². The molecule has 0 radical (unpaired) electrons. The number of hydrogen-bond donors (Lipinski definition) is 0. The van der Waals surface area contributed by atoms with Gasteiger partial charge in [-0.25, -0.2) is 52.7 Å². The first-order valence-electron chi connectivity index (χ1n) is 16.5. The third kappa shape index (κ3) is 7.49. The van der Waals surface area contributed by atoms with Crippen molar-refractivity contribution in [2.75, 3.05) is 0 Å². The molecule has 0 fully saturated rings. The van der Waals surface area contributed by atoms with E-state index in [-0.39, 0.29) is 48.5 Å². The lowest BCUT2D eigenvalue weighted by molar-refractivity contribution is 0.447. The Labute approximate surface area is 312 Å². The zero-order valence-electron chi connectivity index (χ0n) is 28.4. The summed E-state index contributed by atoms with van der Waals surface area (Å²) in [5.41, 5.74) is -0.0369. The van der Waals surface area contributed by atoms with E-state index in [0.29, 0.717) is 0 Å². The first-order chi connectivity index (χ1) is 26.7. The van der Waals surface area contributed by atoms with Crippen LogP contribution < -0.4 is 21.9 Å². The van der Waals surface area contributed by atoms with Crippen LogP contribution in [0.4, 0.5) is 52.7 Å². The molecule has 282 valence electrons. The Hall–Kier alpha value is -6.37. The summed E-state index contributed by atoms with van der Waals surface area (Å²) < 4.78 is 170. The number of halogens is 12. The fraction of sp³-hybridized carbons (Fsp3) is 0. The first kappa shape index (κ1) is 39.3. The number of hydrogen-bond acceptors (Lipinski definition) is 0. The molecule has 7 aromatic carbocycles. The average Bonchev–Trinajstić information content (AvgIpc) is 3.19. The van der Waals surface area contributed by atoms with E-state index in [2.05, 4.69) is 91.0 Å². The van der Waals surface area contributed by atoms with Gasteiger partial charge in [-0.3, -0.25) is 0 Å². The maximum Gasteiger partial charge on any atom is 0.194 e. The summed E-state index contributed by atoms with van der Waals surface area (Å²) in [6.07, 6.45) is -4.01. The van der Waals surface area contributed by atoms with Crippen LogP contribution in [0.2, 0.25) is 0 Å². The molecule has 0 heterocycles. The molecule has 0 aromatic heterocycles. The Morgan fingerprint density at radius 1 is 0.268 bits per heavy atom. The van der Waals surface area contributed by atoms with Crippen molar-refractivity contribution in [2.24, 2.45) is 0 Å². The molecule has 0 aliphatic heterocycles. The molecular formula is C43H23BF12. The van der Waals surface area contributed by atoms with E-state index in [9.17, 15) is 52.7 Å². The maximum atomic E-state index is 14.4. The highest BCUT2D eigenvalue weighted by Gasteiger charge is 2.37. The molecule has 0 unspecified atom stereocenters. The Balaban J connectivity index is 0.000000233. The fourth-order valence-electron chi connectivity index (χ4n) is 6.77. The van der Waals surface area contributed by atoms with Gasteiger partial charge in [0.25, 0.3) is 0 Å². The van der Waals surface area contributed by atoms with E-state index in [1.165, 1.54) is 22.6 Å². The monoisotopic (exact) mass is 778 g/mol. The van der Waals surface area contributed by atoms with Gasteiger partial charge >= 0.3 is 0 Å². The van der Waals surface area contributed by atoms with E-state index in [0.717, 1.165) is 0 Å². The highest BCUT2D eigenvalue weighted by molar-refractivity contribution is 7.19. The predicted molar refractivity (Wildman–Crippen MR) is 189 cm³/mol. The van der Waals surface area contributed by atoms with Gasteiger partial charge < -0.3 is 0 Å². The summed E-state index contributed by atoms with van der Waals surface area (Å²) in [5.74, 6) is -22.7. The Kier molecular flexibility index (Phi) is 11.4. The fourth-order valence-corrected chi connectivity index (χ4v) is 6.77. The molecule has 0 saturated heterocycles. The van der Waals surface area contributed by atoms with Crippen LogP contribution >= 0.6 is 0 Å². The lowest BCUT2D eigenvalue weighted by Crippen LogP contribution is -2.75. The summed E-state index contributed by atoms with van der Waals surface area (Å²) in [5, 5.41) is 0. The quantitative estimate of drug-likeness (QED) is 0.0498. The highest BCUT2D eigenvalue weighted by atomic mass is 19.2. The number of rotatable bonds is 7. The predicted octanol–water partition coefficient (Wildman–Crippen LogP) is 9.44. The molecule has 7 rings (SSSR count). The number of benzene rings is 7. The topological polar surface area (TPSA) is 0 Å². The minimum Gasteiger partial charge on any atom is -0.204 e. The van der Waals surface area contributed by atoms with E-state index < -0.39 is 97.8 Å². The third-order valence-electron chi connectivity index (χ3n) is 9.21. The smallest absolute Gasteiger partial charge is 0.194 e. The molecule has 7 aromatic rings. The van der Waals surface area contributed by atoms with Gasteiger partial charge in [-0.1, -0.05) is 66.7 Å². The van der Waals surface area contributed by atoms with Crippen molar-refractivity contribution in [3.8, 4) is 0 Å². The van der Waals surface area contributed by atoms with Crippen LogP contribution in [-0.4, -0.2) is 6.15 Å². The molecule has 13 heteroatoms. The van der Waals surface area contributed by atoms with E-state index in [1.54, 1.807) is 0 Å². The van der Waals surface area contributed by atoms with Crippen LogP contribution in [0.1, 0.15) is 16.7 Å². The minimum atomic E-state index is -4.01. The van der Waals surface area contributed by atoms with E-state index >= 15 is 0 Å². The second-order valence-corrected chi connectivity index (χ2v) is 12.5. The van der Waals surface area contributed by atoms with Crippen molar-refractivity contribution in [2.45, 2.75) is 0 Å². The molecule has 0 aliphatic rings. The van der Waals surface area contributed by atoms with Gasteiger partial charge in [0.15, 0.2) is 69.8 Å². The molecule has 0 N–H and O–H groups in total. The summed E-state index contributed by atoms with van der Waals surface area (Å²) in [6.45, 7) is 0. The largest absolute Gasteiger partial charge is 0.204 e. The maximum absolute atomic E-state index is 14.4. The molecule has 0 saturated carbocycles. The van der Waals surface area contributed by atoms with Crippen molar-refractivity contribution < 1.29 is 52.7 Å². The van der Waals surface area contributed by atoms with Gasteiger partial charge in [0.1, 0.15) is 6.15 Å². The summed E-state index contributed by atoms with van der Waals surface area (Å²) in [6, 6.07) is 33.0. The molecule has 0 amide bonds. The molecular weight excluding hydrogens is 755 g/mol. The second-order valence-electron chi connectivity index (χ2n) is 12.5. The van der Waals surface area contributed by atoms with Gasteiger partial charge in [0, 0.05) is 0 Å². The van der Waals surface area contributed by atoms with Gasteiger partial charge in [0.2, 0.25) is 0 Å². The summed E-state index contributed by atoms with van der Waals surface area (Å²) in [4.78, 5) is 0. The Morgan fingerprint density at radius 2 is 0.446 bits per heavy atom. The van der Waals surface area contributed by atoms with Crippen LogP contribution in [0.25, 0.3) is 0 Å². The zero-order valence-corrected chi connectivity index (χ0v) is 28.4. The van der Waals surface area contributed by atoms with Crippen molar-refractivity contribution in [1.82, 2.24) is 0 Å². The van der Waals surface area contributed by atoms with Gasteiger partial charge in [-0.15, -0.1) is 0 Å². The van der Waals surface area contributed by atoms with Crippen molar-refractivity contribution in [3.05, 3.63) is 232 Å².